The fraction of sp³-hybridized carbons (Fsp3) is 0.400. The number of nitrogens with zero attached hydrogens (tertiary/aromatic N) is 1. The molecule has 2 aromatic rings. The average molecular weight is 258 g/mol. The van der Waals surface area contributed by atoms with Gasteiger partial charge in [0, 0.05) is 22.5 Å². The van der Waals surface area contributed by atoms with Gasteiger partial charge < -0.3 is 5.32 Å². The van der Waals surface area contributed by atoms with E-state index < -0.39 is 0 Å². The topological polar surface area (TPSA) is 24.9 Å². The van der Waals surface area contributed by atoms with Gasteiger partial charge in [-0.15, -0.1) is 11.3 Å². The Morgan fingerprint density at radius 3 is 2.61 bits per heavy atom. The monoisotopic (exact) mass is 258 g/mol. The van der Waals surface area contributed by atoms with Crippen LogP contribution in [0.2, 0.25) is 0 Å². The highest BCUT2D eigenvalue weighted by atomic mass is 32.1. The summed E-state index contributed by atoms with van der Waals surface area (Å²) in [4.78, 5) is 6.00. The molecule has 3 rings (SSSR count). The molecule has 0 radical (unpaired) electrons. The second-order valence-corrected chi connectivity index (χ2v) is 6.09. The number of rotatable bonds is 4. The molecule has 18 heavy (non-hydrogen) atoms. The number of thiazole rings is 1. The highest BCUT2D eigenvalue weighted by Gasteiger charge is 2.48. The first-order valence-electron chi connectivity index (χ1n) is 6.45. The van der Waals surface area contributed by atoms with Crippen molar-refractivity contribution in [3.05, 3.63) is 52.0 Å². The third kappa shape index (κ3) is 1.88. The second kappa shape index (κ2) is 4.48. The van der Waals surface area contributed by atoms with Crippen LogP contribution in [0.3, 0.4) is 0 Å². The summed E-state index contributed by atoms with van der Waals surface area (Å²) in [6.07, 6.45) is 4.50. The molecule has 1 aromatic heterocycles. The van der Waals surface area contributed by atoms with Crippen molar-refractivity contribution >= 4 is 11.3 Å². The van der Waals surface area contributed by atoms with E-state index in [0.717, 1.165) is 0 Å². The van der Waals surface area contributed by atoms with Crippen molar-refractivity contribution in [1.29, 1.82) is 0 Å². The molecule has 1 aromatic carbocycles. The van der Waals surface area contributed by atoms with Crippen LogP contribution in [-0.4, -0.2) is 12.0 Å². The highest BCUT2D eigenvalue weighted by molar-refractivity contribution is 7.11. The molecule has 3 heteroatoms. The van der Waals surface area contributed by atoms with Crippen molar-refractivity contribution in [3.8, 4) is 0 Å². The van der Waals surface area contributed by atoms with E-state index in [1.807, 2.05) is 24.6 Å². The summed E-state index contributed by atoms with van der Waals surface area (Å²) in [6.45, 7) is 2.18. The van der Waals surface area contributed by atoms with Gasteiger partial charge in [-0.1, -0.05) is 30.3 Å². The summed E-state index contributed by atoms with van der Waals surface area (Å²) in [5, 5.41) is 4.56. The maximum atomic E-state index is 4.67. The fourth-order valence-electron chi connectivity index (χ4n) is 2.36. The van der Waals surface area contributed by atoms with E-state index in [9.17, 15) is 0 Å². The standard InChI is InChI=1S/C15H18N2S/c1-11(16-2)13-10-17-14(18-13)15(8-9-15)12-6-4-3-5-7-12/h3-7,10-11,16H,8-9H2,1-2H3. The highest BCUT2D eigenvalue weighted by Crippen LogP contribution is 2.54. The first kappa shape index (κ1) is 11.9. The number of nitrogens with one attached hydrogen (secondary N) is 1. The second-order valence-electron chi connectivity index (χ2n) is 5.03. The van der Waals surface area contributed by atoms with Crippen molar-refractivity contribution in [1.82, 2.24) is 10.3 Å². The Morgan fingerprint density at radius 1 is 1.28 bits per heavy atom. The molecule has 1 atom stereocenters. The molecule has 94 valence electrons. The number of benzene rings is 1. The maximum Gasteiger partial charge on any atom is 0.103 e. The van der Waals surface area contributed by atoms with Crippen molar-refractivity contribution in [2.75, 3.05) is 7.05 Å². The summed E-state index contributed by atoms with van der Waals surface area (Å²) in [5.74, 6) is 0. The Morgan fingerprint density at radius 2 is 2.00 bits per heavy atom. The minimum absolute atomic E-state index is 0.220. The molecule has 0 bridgehead atoms. The van der Waals surface area contributed by atoms with Crippen LogP contribution in [0.15, 0.2) is 36.5 Å². The van der Waals surface area contributed by atoms with E-state index in [0.29, 0.717) is 6.04 Å². The first-order valence-corrected chi connectivity index (χ1v) is 7.27. The summed E-state index contributed by atoms with van der Waals surface area (Å²) < 4.78 is 0. The summed E-state index contributed by atoms with van der Waals surface area (Å²) in [7, 11) is 1.99. The van der Waals surface area contributed by atoms with Gasteiger partial charge in [0.05, 0.1) is 0 Å². The van der Waals surface area contributed by atoms with E-state index in [4.69, 9.17) is 0 Å². The zero-order valence-corrected chi connectivity index (χ0v) is 11.6. The van der Waals surface area contributed by atoms with Gasteiger partial charge >= 0.3 is 0 Å². The van der Waals surface area contributed by atoms with Crippen LogP contribution in [0, 0.1) is 0 Å². The van der Waals surface area contributed by atoms with Crippen LogP contribution >= 0.6 is 11.3 Å². The summed E-state index contributed by atoms with van der Waals surface area (Å²) in [5.41, 5.74) is 1.64. The van der Waals surface area contributed by atoms with Crippen molar-refractivity contribution < 1.29 is 0 Å². The Bertz CT molecular complexity index is 528. The lowest BCUT2D eigenvalue weighted by atomic mass is 9.97. The van der Waals surface area contributed by atoms with E-state index >= 15 is 0 Å². The van der Waals surface area contributed by atoms with Crippen molar-refractivity contribution in [2.45, 2.75) is 31.2 Å². The smallest absolute Gasteiger partial charge is 0.103 e. The van der Waals surface area contributed by atoms with Gasteiger partial charge in [-0.05, 0) is 32.4 Å². The van der Waals surface area contributed by atoms with Gasteiger partial charge in [-0.25, -0.2) is 4.98 Å². The number of hydrogen-bond donors (Lipinski definition) is 1. The van der Waals surface area contributed by atoms with Crippen LogP contribution in [-0.2, 0) is 5.41 Å². The molecule has 0 saturated heterocycles. The molecule has 0 aliphatic heterocycles. The molecule has 1 N–H and O–H groups in total. The molecule has 1 fully saturated rings. The van der Waals surface area contributed by atoms with Crippen molar-refractivity contribution in [2.24, 2.45) is 0 Å². The normalized spacial score (nSPS) is 18.6. The van der Waals surface area contributed by atoms with Crippen LogP contribution in [0.5, 0.6) is 0 Å². The molecule has 1 unspecified atom stereocenters. The van der Waals surface area contributed by atoms with Gasteiger partial charge in [-0.3, -0.25) is 0 Å². The van der Waals surface area contributed by atoms with Gasteiger partial charge in [-0.2, -0.15) is 0 Å². The third-order valence-corrected chi connectivity index (χ3v) is 5.25. The van der Waals surface area contributed by atoms with E-state index in [1.54, 1.807) is 0 Å². The lowest BCUT2D eigenvalue weighted by Gasteiger charge is -2.12. The predicted octanol–water partition coefficient (Wildman–Crippen LogP) is 3.50. The molecule has 2 nitrogen and oxygen atoms in total. The third-order valence-electron chi connectivity index (χ3n) is 3.87. The van der Waals surface area contributed by atoms with Gasteiger partial charge in [0.25, 0.3) is 0 Å². The largest absolute Gasteiger partial charge is 0.312 e. The predicted molar refractivity (Wildman–Crippen MR) is 76.0 cm³/mol. The maximum absolute atomic E-state index is 4.67. The van der Waals surface area contributed by atoms with Crippen LogP contribution < -0.4 is 5.32 Å². The lowest BCUT2D eigenvalue weighted by Crippen LogP contribution is -2.10. The van der Waals surface area contributed by atoms with E-state index in [-0.39, 0.29) is 5.41 Å². The summed E-state index contributed by atoms with van der Waals surface area (Å²) >= 11 is 1.86. The van der Waals surface area contributed by atoms with Crippen LogP contribution in [0.1, 0.15) is 41.3 Å². The molecule has 1 aliphatic carbocycles. The summed E-state index contributed by atoms with van der Waals surface area (Å²) in [6, 6.07) is 11.2. The molecular weight excluding hydrogens is 240 g/mol. The van der Waals surface area contributed by atoms with Gasteiger partial charge in [0.2, 0.25) is 0 Å². The Labute approximate surface area is 112 Å². The van der Waals surface area contributed by atoms with Crippen molar-refractivity contribution in [3.63, 3.8) is 0 Å². The zero-order valence-electron chi connectivity index (χ0n) is 10.8. The minimum atomic E-state index is 0.220. The number of hydrogen-bond acceptors (Lipinski definition) is 3. The Balaban J connectivity index is 1.93. The van der Waals surface area contributed by atoms with Gasteiger partial charge in [0.1, 0.15) is 5.01 Å². The Hall–Kier alpha value is -1.19. The Kier molecular flexibility index (Phi) is 2.96. The molecule has 1 heterocycles. The van der Waals surface area contributed by atoms with E-state index in [2.05, 4.69) is 47.6 Å². The van der Waals surface area contributed by atoms with Crippen LogP contribution in [0.25, 0.3) is 0 Å². The molecule has 0 amide bonds. The molecule has 0 spiro atoms. The molecular formula is C15H18N2S. The zero-order chi connectivity index (χ0) is 12.6. The quantitative estimate of drug-likeness (QED) is 0.908. The molecule has 1 saturated carbocycles. The first-order chi connectivity index (χ1) is 8.76. The fourth-order valence-corrected chi connectivity index (χ4v) is 3.60. The lowest BCUT2D eigenvalue weighted by molar-refractivity contribution is 0.662. The SMILES string of the molecule is CNC(C)c1cnc(C2(c3ccccc3)CC2)s1. The minimum Gasteiger partial charge on any atom is -0.312 e. The molecule has 1 aliphatic rings. The average Bonchev–Trinajstić information content (AvgIpc) is 3.10. The van der Waals surface area contributed by atoms with Crippen LogP contribution in [0.4, 0.5) is 0 Å². The van der Waals surface area contributed by atoms with E-state index in [1.165, 1.54) is 28.3 Å². The van der Waals surface area contributed by atoms with Gasteiger partial charge in [0.15, 0.2) is 0 Å². The number of aromatic nitrogens is 1.